The molecule has 98 valence electrons. The predicted molar refractivity (Wildman–Crippen MR) is 78.7 cm³/mol. The molecule has 0 saturated heterocycles. The van der Waals surface area contributed by atoms with Gasteiger partial charge >= 0.3 is 0 Å². The summed E-state index contributed by atoms with van der Waals surface area (Å²) in [5.41, 5.74) is 0.891. The number of hydrogen-bond acceptors (Lipinski definition) is 2. The number of rotatable bonds is 2. The van der Waals surface area contributed by atoms with Crippen LogP contribution in [0, 0.1) is 12.7 Å². The zero-order valence-electron chi connectivity index (χ0n) is 9.88. The fourth-order valence-corrected chi connectivity index (χ4v) is 2.24. The maximum absolute atomic E-state index is 13.6. The van der Waals surface area contributed by atoms with E-state index < -0.39 is 11.7 Å². The van der Waals surface area contributed by atoms with Crippen molar-refractivity contribution in [3.63, 3.8) is 0 Å². The van der Waals surface area contributed by atoms with Crippen molar-refractivity contribution in [2.75, 3.05) is 5.32 Å². The van der Waals surface area contributed by atoms with Gasteiger partial charge in [0.2, 0.25) is 0 Å². The van der Waals surface area contributed by atoms with Gasteiger partial charge in [-0.05, 0) is 62.5 Å². The maximum atomic E-state index is 13.6. The number of pyridine rings is 1. The highest BCUT2D eigenvalue weighted by Crippen LogP contribution is 2.22. The largest absolute Gasteiger partial charge is 0.306 e. The molecule has 1 N–H and O–H groups in total. The van der Waals surface area contributed by atoms with Crippen LogP contribution in [-0.4, -0.2) is 10.9 Å². The highest BCUT2D eigenvalue weighted by Gasteiger charge is 2.16. The second-order valence-electron chi connectivity index (χ2n) is 3.87. The first-order chi connectivity index (χ1) is 8.99. The molecule has 3 nitrogen and oxygen atoms in total. The number of hydrogen-bond donors (Lipinski definition) is 1. The van der Waals surface area contributed by atoms with E-state index in [9.17, 15) is 9.18 Å². The quantitative estimate of drug-likeness (QED) is 0.834. The maximum Gasteiger partial charge on any atom is 0.260 e. The van der Waals surface area contributed by atoms with E-state index in [0.717, 1.165) is 10.0 Å². The minimum atomic E-state index is -0.583. The SMILES string of the molecule is Cc1cc(NC(=O)c2c(F)cccc2Br)ncc1Br. The summed E-state index contributed by atoms with van der Waals surface area (Å²) in [6, 6.07) is 6.08. The van der Waals surface area contributed by atoms with Gasteiger partial charge in [0.25, 0.3) is 5.91 Å². The third kappa shape index (κ3) is 3.19. The Bertz CT molecular complexity index is 626. The molecule has 2 rings (SSSR count). The second-order valence-corrected chi connectivity index (χ2v) is 5.58. The number of aromatic nitrogens is 1. The van der Waals surface area contributed by atoms with Gasteiger partial charge in [-0.25, -0.2) is 9.37 Å². The predicted octanol–water partition coefficient (Wildman–Crippen LogP) is 4.31. The van der Waals surface area contributed by atoms with Gasteiger partial charge in [0.05, 0.1) is 5.56 Å². The van der Waals surface area contributed by atoms with E-state index in [1.807, 2.05) is 6.92 Å². The van der Waals surface area contributed by atoms with Gasteiger partial charge in [0.15, 0.2) is 0 Å². The van der Waals surface area contributed by atoms with Crippen LogP contribution in [-0.2, 0) is 0 Å². The van der Waals surface area contributed by atoms with Crippen molar-refractivity contribution < 1.29 is 9.18 Å². The number of benzene rings is 1. The van der Waals surface area contributed by atoms with Crippen LogP contribution < -0.4 is 5.32 Å². The lowest BCUT2D eigenvalue weighted by molar-refractivity contribution is 0.102. The van der Waals surface area contributed by atoms with Crippen molar-refractivity contribution in [2.45, 2.75) is 6.92 Å². The Morgan fingerprint density at radius 1 is 1.32 bits per heavy atom. The molecule has 0 unspecified atom stereocenters. The fourth-order valence-electron chi connectivity index (χ4n) is 1.50. The zero-order chi connectivity index (χ0) is 14.0. The number of anilines is 1. The first-order valence-electron chi connectivity index (χ1n) is 5.36. The first-order valence-corrected chi connectivity index (χ1v) is 6.95. The molecule has 0 atom stereocenters. The van der Waals surface area contributed by atoms with E-state index in [1.54, 1.807) is 18.3 Å². The van der Waals surface area contributed by atoms with Crippen molar-refractivity contribution >= 4 is 43.6 Å². The summed E-state index contributed by atoms with van der Waals surface area (Å²) in [5, 5.41) is 2.57. The Labute approximate surface area is 126 Å². The van der Waals surface area contributed by atoms with Crippen LogP contribution in [0.15, 0.2) is 39.4 Å². The van der Waals surface area contributed by atoms with E-state index in [2.05, 4.69) is 42.2 Å². The molecule has 0 aliphatic rings. The second kappa shape index (κ2) is 5.79. The van der Waals surface area contributed by atoms with Crippen molar-refractivity contribution in [3.8, 4) is 0 Å². The minimum Gasteiger partial charge on any atom is -0.306 e. The lowest BCUT2D eigenvalue weighted by Crippen LogP contribution is -2.15. The topological polar surface area (TPSA) is 42.0 Å². The molecule has 6 heteroatoms. The minimum absolute atomic E-state index is 0.0372. The highest BCUT2D eigenvalue weighted by atomic mass is 79.9. The summed E-state index contributed by atoms with van der Waals surface area (Å²) in [7, 11) is 0. The molecule has 1 amide bonds. The summed E-state index contributed by atoms with van der Waals surface area (Å²) in [6.07, 6.45) is 1.58. The van der Waals surface area contributed by atoms with Gasteiger partial charge in [-0.2, -0.15) is 0 Å². The van der Waals surface area contributed by atoms with E-state index in [-0.39, 0.29) is 5.56 Å². The van der Waals surface area contributed by atoms with Gasteiger partial charge in [-0.3, -0.25) is 4.79 Å². The molecule has 1 heterocycles. The summed E-state index contributed by atoms with van der Waals surface area (Å²) < 4.78 is 14.9. The summed E-state index contributed by atoms with van der Waals surface area (Å²) >= 11 is 6.48. The average Bonchev–Trinajstić information content (AvgIpc) is 2.33. The average molecular weight is 388 g/mol. The number of nitrogens with zero attached hydrogens (tertiary/aromatic N) is 1. The molecule has 0 aliphatic heterocycles. The van der Waals surface area contributed by atoms with Gasteiger partial charge in [0, 0.05) is 15.1 Å². The van der Waals surface area contributed by atoms with Crippen LogP contribution >= 0.6 is 31.9 Å². The van der Waals surface area contributed by atoms with E-state index >= 15 is 0 Å². The molecule has 2 aromatic rings. The van der Waals surface area contributed by atoms with E-state index in [1.165, 1.54) is 12.1 Å². The van der Waals surface area contributed by atoms with Crippen molar-refractivity contribution in [1.82, 2.24) is 4.98 Å². The Kier molecular flexibility index (Phi) is 4.31. The van der Waals surface area contributed by atoms with Gasteiger partial charge < -0.3 is 5.32 Å². The van der Waals surface area contributed by atoms with Crippen LogP contribution in [0.25, 0.3) is 0 Å². The number of aryl methyl sites for hydroxylation is 1. The Morgan fingerprint density at radius 2 is 2.05 bits per heavy atom. The lowest BCUT2D eigenvalue weighted by atomic mass is 10.2. The number of halogens is 3. The number of nitrogens with one attached hydrogen (secondary N) is 1. The van der Waals surface area contributed by atoms with E-state index in [4.69, 9.17) is 0 Å². The molecule has 0 spiro atoms. The summed E-state index contributed by atoms with van der Waals surface area (Å²) in [5.74, 6) is -0.749. The fraction of sp³-hybridized carbons (Fsp3) is 0.0769. The Balaban J connectivity index is 2.28. The molecule has 0 bridgehead atoms. The smallest absolute Gasteiger partial charge is 0.260 e. The lowest BCUT2D eigenvalue weighted by Gasteiger charge is -2.08. The first kappa shape index (κ1) is 14.1. The molecule has 19 heavy (non-hydrogen) atoms. The highest BCUT2D eigenvalue weighted by molar-refractivity contribution is 9.10. The van der Waals surface area contributed by atoms with Crippen molar-refractivity contribution in [1.29, 1.82) is 0 Å². The Hall–Kier alpha value is -1.27. The monoisotopic (exact) mass is 386 g/mol. The Morgan fingerprint density at radius 3 is 2.68 bits per heavy atom. The molecular formula is C13H9Br2FN2O. The molecule has 1 aromatic heterocycles. The molecule has 1 aromatic carbocycles. The molecular weight excluding hydrogens is 379 g/mol. The third-order valence-electron chi connectivity index (χ3n) is 2.48. The van der Waals surface area contributed by atoms with Crippen LogP contribution in [0.1, 0.15) is 15.9 Å². The van der Waals surface area contributed by atoms with Gasteiger partial charge in [0.1, 0.15) is 11.6 Å². The van der Waals surface area contributed by atoms with Crippen LogP contribution in [0.3, 0.4) is 0 Å². The number of amides is 1. The molecule has 0 saturated carbocycles. The van der Waals surface area contributed by atoms with Gasteiger partial charge in [-0.15, -0.1) is 0 Å². The number of carbonyl (C=O) groups excluding carboxylic acids is 1. The normalized spacial score (nSPS) is 10.3. The van der Waals surface area contributed by atoms with Crippen molar-refractivity contribution in [3.05, 3.63) is 56.4 Å². The van der Waals surface area contributed by atoms with Gasteiger partial charge in [-0.1, -0.05) is 6.07 Å². The molecule has 0 radical (unpaired) electrons. The third-order valence-corrected chi connectivity index (χ3v) is 3.97. The van der Waals surface area contributed by atoms with Crippen LogP contribution in [0.5, 0.6) is 0 Å². The van der Waals surface area contributed by atoms with Crippen LogP contribution in [0.2, 0.25) is 0 Å². The van der Waals surface area contributed by atoms with E-state index in [0.29, 0.717) is 10.3 Å². The van der Waals surface area contributed by atoms with Crippen LogP contribution in [0.4, 0.5) is 10.2 Å². The zero-order valence-corrected chi connectivity index (χ0v) is 13.0. The number of carbonyl (C=O) groups is 1. The molecule has 0 aliphatic carbocycles. The van der Waals surface area contributed by atoms with Crippen molar-refractivity contribution in [2.24, 2.45) is 0 Å². The summed E-state index contributed by atoms with van der Waals surface area (Å²) in [4.78, 5) is 16.1. The standard InChI is InChI=1S/C13H9Br2FN2O/c1-7-5-11(17-6-9(7)15)18-13(19)12-8(14)3-2-4-10(12)16/h2-6H,1H3,(H,17,18,19). The summed E-state index contributed by atoms with van der Waals surface area (Å²) in [6.45, 7) is 1.88. The molecule has 0 fully saturated rings.